The van der Waals surface area contributed by atoms with Crippen LogP contribution >= 0.6 is 0 Å². The molecule has 0 aromatic carbocycles. The molecule has 0 saturated heterocycles. The average Bonchev–Trinajstić information content (AvgIpc) is 2.03. The smallest absolute Gasteiger partial charge is 0.282 e. The van der Waals surface area contributed by atoms with Crippen molar-refractivity contribution in [1.29, 1.82) is 0 Å². The first kappa shape index (κ1) is 9.66. The molecule has 0 bridgehead atoms. The van der Waals surface area contributed by atoms with Gasteiger partial charge >= 0.3 is 0 Å². The summed E-state index contributed by atoms with van der Waals surface area (Å²) in [6.45, 7) is -0.105. The minimum absolute atomic E-state index is 0.0181. The number of aromatic hydroxyl groups is 1. The largest absolute Gasteiger partial charge is 0.506 e. The number of halogens is 2. The van der Waals surface area contributed by atoms with E-state index in [4.69, 9.17) is 16.6 Å². The zero-order chi connectivity index (χ0) is 10.0. The number of anilines is 1. The van der Waals surface area contributed by atoms with E-state index in [0.29, 0.717) is 0 Å². The number of nitrogens with two attached hydrogens (primary N) is 2. The van der Waals surface area contributed by atoms with E-state index in [0.717, 1.165) is 6.07 Å². The second kappa shape index (κ2) is 3.53. The minimum atomic E-state index is -2.76. The van der Waals surface area contributed by atoms with Gasteiger partial charge in [0.15, 0.2) is 0 Å². The standard InChI is InChI=1S/C7H9F2N3O/c8-7(9)6-3(11)1-5(13)4(2-10)12-6/h1,7,13H,2,10-11H2. The van der Waals surface area contributed by atoms with Gasteiger partial charge in [0.25, 0.3) is 6.43 Å². The SMILES string of the molecule is NCc1nc(C(F)F)c(N)cc1O. The molecule has 1 aromatic heterocycles. The lowest BCUT2D eigenvalue weighted by atomic mass is 10.2. The molecule has 1 rings (SSSR count). The number of aromatic nitrogens is 1. The lowest BCUT2D eigenvalue weighted by Gasteiger charge is -2.07. The summed E-state index contributed by atoms with van der Waals surface area (Å²) in [5.41, 5.74) is 9.61. The van der Waals surface area contributed by atoms with Crippen molar-refractivity contribution in [2.45, 2.75) is 13.0 Å². The monoisotopic (exact) mass is 189 g/mol. The normalized spacial score (nSPS) is 10.8. The highest BCUT2D eigenvalue weighted by molar-refractivity contribution is 5.49. The Balaban J connectivity index is 3.22. The van der Waals surface area contributed by atoms with E-state index in [1.807, 2.05) is 0 Å². The van der Waals surface area contributed by atoms with E-state index in [1.165, 1.54) is 0 Å². The number of hydrogen-bond acceptors (Lipinski definition) is 4. The van der Waals surface area contributed by atoms with Crippen LogP contribution < -0.4 is 11.5 Å². The summed E-state index contributed by atoms with van der Waals surface area (Å²) in [7, 11) is 0. The van der Waals surface area contributed by atoms with Gasteiger partial charge in [-0.25, -0.2) is 13.8 Å². The van der Waals surface area contributed by atoms with Crippen LogP contribution in [-0.4, -0.2) is 10.1 Å². The van der Waals surface area contributed by atoms with Crippen molar-refractivity contribution in [3.8, 4) is 5.75 Å². The molecule has 72 valence electrons. The van der Waals surface area contributed by atoms with Crippen LogP contribution in [-0.2, 0) is 6.54 Å². The fourth-order valence-electron chi connectivity index (χ4n) is 0.897. The second-order valence-electron chi connectivity index (χ2n) is 2.43. The van der Waals surface area contributed by atoms with Crippen LogP contribution in [0.1, 0.15) is 17.8 Å². The maximum absolute atomic E-state index is 12.2. The summed E-state index contributed by atoms with van der Waals surface area (Å²) >= 11 is 0. The molecule has 0 amide bonds. The van der Waals surface area contributed by atoms with Gasteiger partial charge in [0.1, 0.15) is 11.4 Å². The fourth-order valence-corrected chi connectivity index (χ4v) is 0.897. The van der Waals surface area contributed by atoms with Gasteiger partial charge in [-0.3, -0.25) is 0 Å². The molecule has 0 aliphatic rings. The van der Waals surface area contributed by atoms with Gasteiger partial charge in [0, 0.05) is 12.6 Å². The second-order valence-corrected chi connectivity index (χ2v) is 2.43. The van der Waals surface area contributed by atoms with E-state index >= 15 is 0 Å². The van der Waals surface area contributed by atoms with Crippen molar-refractivity contribution in [3.63, 3.8) is 0 Å². The molecular formula is C7H9F2N3O. The van der Waals surface area contributed by atoms with Crippen molar-refractivity contribution >= 4 is 5.69 Å². The third-order valence-corrected chi connectivity index (χ3v) is 1.54. The molecule has 1 heterocycles. The van der Waals surface area contributed by atoms with Crippen LogP contribution in [0.4, 0.5) is 14.5 Å². The van der Waals surface area contributed by atoms with Gasteiger partial charge in [-0.2, -0.15) is 0 Å². The first-order chi connectivity index (χ1) is 6.06. The van der Waals surface area contributed by atoms with E-state index in [-0.39, 0.29) is 23.7 Å². The molecular weight excluding hydrogens is 180 g/mol. The molecule has 4 nitrogen and oxygen atoms in total. The first-order valence-corrected chi connectivity index (χ1v) is 3.52. The Bertz CT molecular complexity index is 317. The Morgan fingerprint density at radius 3 is 2.62 bits per heavy atom. The molecule has 6 heteroatoms. The van der Waals surface area contributed by atoms with Crippen LogP contribution in [0.25, 0.3) is 0 Å². The average molecular weight is 189 g/mol. The summed E-state index contributed by atoms with van der Waals surface area (Å²) in [5, 5.41) is 9.13. The van der Waals surface area contributed by atoms with Crippen LogP contribution in [0.5, 0.6) is 5.75 Å². The topological polar surface area (TPSA) is 85.2 Å². The fraction of sp³-hybridized carbons (Fsp3) is 0.286. The highest BCUT2D eigenvalue weighted by Crippen LogP contribution is 2.27. The molecule has 0 spiro atoms. The van der Waals surface area contributed by atoms with Gasteiger partial charge < -0.3 is 16.6 Å². The predicted molar refractivity (Wildman–Crippen MR) is 43.2 cm³/mol. The number of hydrogen-bond donors (Lipinski definition) is 3. The zero-order valence-corrected chi connectivity index (χ0v) is 6.67. The van der Waals surface area contributed by atoms with Crippen LogP contribution in [0.3, 0.4) is 0 Å². The number of alkyl halides is 2. The van der Waals surface area contributed by atoms with E-state index < -0.39 is 12.1 Å². The molecule has 0 fully saturated rings. The maximum Gasteiger partial charge on any atom is 0.282 e. The Labute approximate surface area is 73.2 Å². The van der Waals surface area contributed by atoms with Crippen molar-refractivity contribution in [2.24, 2.45) is 5.73 Å². The third-order valence-electron chi connectivity index (χ3n) is 1.54. The number of rotatable bonds is 2. The van der Waals surface area contributed by atoms with Gasteiger partial charge in [-0.1, -0.05) is 0 Å². The van der Waals surface area contributed by atoms with Gasteiger partial charge in [0.2, 0.25) is 0 Å². The molecule has 5 N–H and O–H groups in total. The minimum Gasteiger partial charge on any atom is -0.506 e. The highest BCUT2D eigenvalue weighted by Gasteiger charge is 2.15. The van der Waals surface area contributed by atoms with Crippen molar-refractivity contribution < 1.29 is 13.9 Å². The molecule has 0 aliphatic heterocycles. The quantitative estimate of drug-likeness (QED) is 0.641. The lowest BCUT2D eigenvalue weighted by molar-refractivity contribution is 0.146. The van der Waals surface area contributed by atoms with Crippen molar-refractivity contribution in [3.05, 3.63) is 17.5 Å². The molecule has 13 heavy (non-hydrogen) atoms. The molecule has 1 aromatic rings. The van der Waals surface area contributed by atoms with E-state index in [2.05, 4.69) is 4.98 Å². The highest BCUT2D eigenvalue weighted by atomic mass is 19.3. The van der Waals surface area contributed by atoms with Crippen molar-refractivity contribution in [1.82, 2.24) is 4.98 Å². The molecule has 0 saturated carbocycles. The molecule has 0 unspecified atom stereocenters. The maximum atomic E-state index is 12.2. The zero-order valence-electron chi connectivity index (χ0n) is 6.67. The number of nitrogens with zero attached hydrogens (tertiary/aromatic N) is 1. The summed E-state index contributed by atoms with van der Waals surface area (Å²) in [6.07, 6.45) is -2.76. The molecule has 0 aliphatic carbocycles. The predicted octanol–water partition coefficient (Wildman–Crippen LogP) is 0.766. The Morgan fingerprint density at radius 2 is 2.15 bits per heavy atom. The van der Waals surface area contributed by atoms with Gasteiger partial charge in [-0.15, -0.1) is 0 Å². The third kappa shape index (κ3) is 1.83. The van der Waals surface area contributed by atoms with Crippen molar-refractivity contribution in [2.75, 3.05) is 5.73 Å². The summed E-state index contributed by atoms with van der Waals surface area (Å²) < 4.78 is 24.4. The summed E-state index contributed by atoms with van der Waals surface area (Å²) in [6, 6.07) is 1.02. The lowest BCUT2D eigenvalue weighted by Crippen LogP contribution is -2.06. The summed E-state index contributed by atoms with van der Waals surface area (Å²) in [5.74, 6) is -0.260. The number of nitrogen functional groups attached to an aromatic ring is 1. The van der Waals surface area contributed by atoms with Gasteiger partial charge in [0.05, 0.1) is 11.4 Å². The first-order valence-electron chi connectivity index (χ1n) is 3.52. The molecule has 0 atom stereocenters. The Kier molecular flexibility index (Phi) is 2.62. The Morgan fingerprint density at radius 1 is 1.54 bits per heavy atom. The van der Waals surface area contributed by atoms with Gasteiger partial charge in [-0.05, 0) is 0 Å². The molecule has 0 radical (unpaired) electrons. The Hall–Kier alpha value is -1.43. The van der Waals surface area contributed by atoms with Crippen LogP contribution in [0, 0.1) is 0 Å². The summed E-state index contributed by atoms with van der Waals surface area (Å²) in [4.78, 5) is 3.44. The van der Waals surface area contributed by atoms with Crippen LogP contribution in [0.2, 0.25) is 0 Å². The van der Waals surface area contributed by atoms with Crippen LogP contribution in [0.15, 0.2) is 6.07 Å². The van der Waals surface area contributed by atoms with E-state index in [9.17, 15) is 8.78 Å². The number of pyridine rings is 1. The van der Waals surface area contributed by atoms with E-state index in [1.54, 1.807) is 0 Å².